The van der Waals surface area contributed by atoms with Gasteiger partial charge in [0, 0.05) is 11.8 Å². The first-order valence-corrected chi connectivity index (χ1v) is 6.83. The van der Waals surface area contributed by atoms with E-state index in [1.54, 1.807) is 6.07 Å². The van der Waals surface area contributed by atoms with Crippen LogP contribution in [-0.4, -0.2) is 9.97 Å². The topological polar surface area (TPSA) is 35.0 Å². The maximum atomic E-state index is 5.80. The van der Waals surface area contributed by atoms with Gasteiger partial charge >= 0.3 is 0 Å². The second-order valence-electron chi connectivity index (χ2n) is 4.47. The van der Waals surface area contributed by atoms with Gasteiger partial charge in [-0.2, -0.15) is 4.98 Å². The van der Waals surface area contributed by atoms with Crippen LogP contribution in [0.15, 0.2) is 30.3 Å². The molecule has 19 heavy (non-hydrogen) atoms. The van der Waals surface area contributed by atoms with Crippen LogP contribution in [0, 0.1) is 6.92 Å². The van der Waals surface area contributed by atoms with Gasteiger partial charge in [-0.05, 0) is 49.1 Å². The van der Waals surface area contributed by atoms with Crippen molar-refractivity contribution in [2.24, 2.45) is 0 Å². The van der Waals surface area contributed by atoms with Gasteiger partial charge in [0.05, 0.1) is 0 Å². The Bertz CT molecular complexity index is 520. The van der Waals surface area contributed by atoms with E-state index in [-0.39, 0.29) is 5.28 Å². The number of nitrogens with zero attached hydrogens (tertiary/aromatic N) is 2. The minimum Gasteiger partial charge on any atom is -0.439 e. The Kier molecular flexibility index (Phi) is 4.74. The first-order chi connectivity index (χ1) is 9.17. The summed E-state index contributed by atoms with van der Waals surface area (Å²) >= 11 is 5.80. The molecule has 0 saturated heterocycles. The van der Waals surface area contributed by atoms with E-state index < -0.39 is 0 Å². The van der Waals surface area contributed by atoms with Crippen molar-refractivity contribution in [3.63, 3.8) is 0 Å². The van der Waals surface area contributed by atoms with Crippen LogP contribution in [-0.2, 0) is 6.42 Å². The number of ether oxygens (including phenoxy) is 1. The van der Waals surface area contributed by atoms with Gasteiger partial charge in [0.15, 0.2) is 0 Å². The number of hydrogen-bond donors (Lipinski definition) is 0. The number of hydrogen-bond acceptors (Lipinski definition) is 3. The summed E-state index contributed by atoms with van der Waals surface area (Å²) in [5.41, 5.74) is 2.11. The third-order valence-corrected chi connectivity index (χ3v) is 2.94. The Morgan fingerprint density at radius 3 is 2.53 bits per heavy atom. The summed E-state index contributed by atoms with van der Waals surface area (Å²) in [5, 5.41) is 0.203. The van der Waals surface area contributed by atoms with Crippen LogP contribution in [0.3, 0.4) is 0 Å². The van der Waals surface area contributed by atoms with E-state index in [9.17, 15) is 0 Å². The van der Waals surface area contributed by atoms with E-state index in [1.165, 1.54) is 18.4 Å². The van der Waals surface area contributed by atoms with Gasteiger partial charge in [0.2, 0.25) is 11.2 Å². The monoisotopic (exact) mass is 276 g/mol. The molecule has 2 rings (SSSR count). The zero-order chi connectivity index (χ0) is 13.7. The lowest BCUT2D eigenvalue weighted by Gasteiger charge is -2.06. The average Bonchev–Trinajstić information content (AvgIpc) is 2.37. The molecule has 3 nitrogen and oxygen atoms in total. The third-order valence-electron chi connectivity index (χ3n) is 2.77. The normalized spacial score (nSPS) is 10.5. The van der Waals surface area contributed by atoms with Crippen LogP contribution in [0.2, 0.25) is 5.28 Å². The molecule has 0 fully saturated rings. The van der Waals surface area contributed by atoms with Crippen LogP contribution < -0.4 is 4.74 Å². The minimum absolute atomic E-state index is 0.203. The van der Waals surface area contributed by atoms with E-state index >= 15 is 0 Å². The molecule has 4 heteroatoms. The van der Waals surface area contributed by atoms with E-state index in [1.807, 2.05) is 19.1 Å². The van der Waals surface area contributed by atoms with Crippen LogP contribution >= 0.6 is 11.6 Å². The number of unbranched alkanes of at least 4 members (excludes halogenated alkanes) is 1. The van der Waals surface area contributed by atoms with Crippen LogP contribution in [0.25, 0.3) is 0 Å². The molecule has 0 saturated carbocycles. The third kappa shape index (κ3) is 4.21. The molecule has 1 aromatic heterocycles. The molecule has 0 bridgehead atoms. The molecular formula is C15H17ClN2O. The van der Waals surface area contributed by atoms with Gasteiger partial charge in [-0.3, -0.25) is 0 Å². The molecule has 0 amide bonds. The van der Waals surface area contributed by atoms with E-state index in [4.69, 9.17) is 16.3 Å². The Morgan fingerprint density at radius 1 is 1.16 bits per heavy atom. The molecule has 0 aliphatic rings. The number of halogens is 1. The Morgan fingerprint density at radius 2 is 1.89 bits per heavy atom. The molecule has 0 unspecified atom stereocenters. The quantitative estimate of drug-likeness (QED) is 0.750. The predicted octanol–water partition coefficient (Wildman–Crippen LogP) is 4.57. The van der Waals surface area contributed by atoms with Crippen molar-refractivity contribution in [3.8, 4) is 11.6 Å². The Balaban J connectivity index is 2.06. The lowest BCUT2D eigenvalue weighted by molar-refractivity contribution is 0.460. The highest BCUT2D eigenvalue weighted by Crippen LogP contribution is 2.22. The molecule has 0 atom stereocenters. The Hall–Kier alpha value is -1.61. The van der Waals surface area contributed by atoms with Gasteiger partial charge in [-0.1, -0.05) is 25.5 Å². The fourth-order valence-electron chi connectivity index (χ4n) is 1.78. The highest BCUT2D eigenvalue weighted by Gasteiger charge is 2.03. The van der Waals surface area contributed by atoms with Gasteiger partial charge in [-0.15, -0.1) is 0 Å². The number of aryl methyl sites for hydroxylation is 2. The number of aromatic nitrogens is 2. The molecule has 0 aliphatic carbocycles. The maximum absolute atomic E-state index is 5.80. The molecule has 0 N–H and O–H groups in total. The number of rotatable bonds is 5. The van der Waals surface area contributed by atoms with Gasteiger partial charge in [0.25, 0.3) is 0 Å². The smallest absolute Gasteiger partial charge is 0.225 e. The molecular weight excluding hydrogens is 260 g/mol. The zero-order valence-corrected chi connectivity index (χ0v) is 11.9. The molecule has 0 aliphatic heterocycles. The summed E-state index contributed by atoms with van der Waals surface area (Å²) < 4.78 is 5.66. The highest BCUT2D eigenvalue weighted by molar-refractivity contribution is 6.28. The molecule has 1 aromatic carbocycles. The van der Waals surface area contributed by atoms with Gasteiger partial charge in [0.1, 0.15) is 5.75 Å². The van der Waals surface area contributed by atoms with Crippen molar-refractivity contribution >= 4 is 11.6 Å². The summed E-state index contributed by atoms with van der Waals surface area (Å²) in [6, 6.07) is 9.84. The summed E-state index contributed by atoms with van der Waals surface area (Å²) in [6.45, 7) is 4.05. The summed E-state index contributed by atoms with van der Waals surface area (Å²) in [5.74, 6) is 1.23. The second kappa shape index (κ2) is 6.53. The SMILES string of the molecule is CCCCc1ccc(Oc2cc(C)nc(Cl)n2)cc1. The molecule has 1 heterocycles. The summed E-state index contributed by atoms with van der Waals surface area (Å²) in [4.78, 5) is 8.03. The molecule has 0 spiro atoms. The van der Waals surface area contributed by atoms with Crippen molar-refractivity contribution in [2.75, 3.05) is 0 Å². The number of benzene rings is 1. The fraction of sp³-hybridized carbons (Fsp3) is 0.333. The molecule has 0 radical (unpaired) electrons. The van der Waals surface area contributed by atoms with Crippen molar-refractivity contribution < 1.29 is 4.74 Å². The van der Waals surface area contributed by atoms with Gasteiger partial charge in [-0.25, -0.2) is 4.98 Å². The van der Waals surface area contributed by atoms with Gasteiger partial charge < -0.3 is 4.74 Å². The van der Waals surface area contributed by atoms with Crippen molar-refractivity contribution in [2.45, 2.75) is 33.1 Å². The Labute approximate surface area is 118 Å². The lowest BCUT2D eigenvalue weighted by atomic mass is 10.1. The van der Waals surface area contributed by atoms with E-state index in [2.05, 4.69) is 29.0 Å². The van der Waals surface area contributed by atoms with Crippen molar-refractivity contribution in [1.29, 1.82) is 0 Å². The maximum Gasteiger partial charge on any atom is 0.225 e. The summed E-state index contributed by atoms with van der Waals surface area (Å²) in [6.07, 6.45) is 3.52. The van der Waals surface area contributed by atoms with Crippen LogP contribution in [0.1, 0.15) is 31.0 Å². The van der Waals surface area contributed by atoms with E-state index in [0.717, 1.165) is 17.9 Å². The predicted molar refractivity (Wildman–Crippen MR) is 76.9 cm³/mol. The van der Waals surface area contributed by atoms with E-state index in [0.29, 0.717) is 5.88 Å². The van der Waals surface area contributed by atoms with Crippen molar-refractivity contribution in [1.82, 2.24) is 9.97 Å². The second-order valence-corrected chi connectivity index (χ2v) is 4.80. The first kappa shape index (κ1) is 13.8. The average molecular weight is 277 g/mol. The highest BCUT2D eigenvalue weighted by atomic mass is 35.5. The first-order valence-electron chi connectivity index (χ1n) is 6.45. The van der Waals surface area contributed by atoms with Crippen LogP contribution in [0.5, 0.6) is 11.6 Å². The minimum atomic E-state index is 0.203. The standard InChI is InChI=1S/C15H17ClN2O/c1-3-4-5-12-6-8-13(9-7-12)19-14-10-11(2)17-15(16)18-14/h6-10H,3-5H2,1-2H3. The largest absolute Gasteiger partial charge is 0.439 e. The summed E-state index contributed by atoms with van der Waals surface area (Å²) in [7, 11) is 0. The molecule has 100 valence electrons. The fourth-order valence-corrected chi connectivity index (χ4v) is 2.00. The lowest BCUT2D eigenvalue weighted by Crippen LogP contribution is -1.93. The zero-order valence-electron chi connectivity index (χ0n) is 11.2. The van der Waals surface area contributed by atoms with Crippen LogP contribution in [0.4, 0.5) is 0 Å². The molecule has 2 aromatic rings. The van der Waals surface area contributed by atoms with Crippen molar-refractivity contribution in [3.05, 3.63) is 46.9 Å².